The molecular formula is C15H13FN2. The van der Waals surface area contributed by atoms with Gasteiger partial charge in [0.1, 0.15) is 5.82 Å². The number of hydrogen-bond acceptors (Lipinski definition) is 2. The smallest absolute Gasteiger partial charge is 0.147 e. The standard InChI is InChI=1S/C15H13FN2/c1-10-5-11(2)7-13(6-10)18-15-4-3-12(9-17)8-14(15)16/h3-8,18H,1-2H3. The van der Waals surface area contributed by atoms with Crippen LogP contribution in [-0.4, -0.2) is 0 Å². The van der Waals surface area contributed by atoms with Crippen LogP contribution in [0.25, 0.3) is 0 Å². The Morgan fingerprint density at radius 3 is 2.28 bits per heavy atom. The minimum atomic E-state index is -0.423. The molecule has 0 atom stereocenters. The van der Waals surface area contributed by atoms with E-state index in [1.54, 1.807) is 12.1 Å². The summed E-state index contributed by atoms with van der Waals surface area (Å²) in [5.41, 5.74) is 3.77. The largest absolute Gasteiger partial charge is 0.353 e. The number of nitriles is 1. The predicted molar refractivity (Wildman–Crippen MR) is 70.3 cm³/mol. The van der Waals surface area contributed by atoms with Crippen LogP contribution in [0.4, 0.5) is 15.8 Å². The zero-order valence-corrected chi connectivity index (χ0v) is 10.3. The van der Waals surface area contributed by atoms with Gasteiger partial charge in [-0.25, -0.2) is 4.39 Å². The van der Waals surface area contributed by atoms with Gasteiger partial charge < -0.3 is 5.32 Å². The van der Waals surface area contributed by atoms with Crippen LogP contribution >= 0.6 is 0 Å². The van der Waals surface area contributed by atoms with Crippen molar-refractivity contribution < 1.29 is 4.39 Å². The van der Waals surface area contributed by atoms with E-state index < -0.39 is 5.82 Å². The predicted octanol–water partition coefficient (Wildman–Crippen LogP) is 4.06. The Morgan fingerprint density at radius 1 is 1.06 bits per heavy atom. The van der Waals surface area contributed by atoms with E-state index in [-0.39, 0.29) is 0 Å². The first-order valence-electron chi connectivity index (χ1n) is 5.63. The molecule has 0 heterocycles. The van der Waals surface area contributed by atoms with Crippen LogP contribution in [0.15, 0.2) is 36.4 Å². The normalized spacial score (nSPS) is 9.89. The van der Waals surface area contributed by atoms with Gasteiger partial charge in [-0.2, -0.15) is 5.26 Å². The third-order valence-electron chi connectivity index (χ3n) is 2.60. The van der Waals surface area contributed by atoms with Gasteiger partial charge in [-0.3, -0.25) is 0 Å². The molecule has 0 radical (unpaired) electrons. The average Bonchev–Trinajstić information content (AvgIpc) is 2.30. The molecule has 0 fully saturated rings. The van der Waals surface area contributed by atoms with Crippen molar-refractivity contribution >= 4 is 11.4 Å². The highest BCUT2D eigenvalue weighted by Crippen LogP contribution is 2.22. The minimum Gasteiger partial charge on any atom is -0.353 e. The molecule has 0 aliphatic heterocycles. The summed E-state index contributed by atoms with van der Waals surface area (Å²) in [6.45, 7) is 3.99. The van der Waals surface area contributed by atoms with Crippen LogP contribution in [0.1, 0.15) is 16.7 Å². The maximum atomic E-state index is 13.7. The molecule has 2 rings (SSSR count). The van der Waals surface area contributed by atoms with Crippen molar-refractivity contribution in [2.75, 3.05) is 5.32 Å². The van der Waals surface area contributed by atoms with Crippen LogP contribution in [0.5, 0.6) is 0 Å². The summed E-state index contributed by atoms with van der Waals surface area (Å²) in [7, 11) is 0. The molecule has 18 heavy (non-hydrogen) atoms. The van der Waals surface area contributed by atoms with Gasteiger partial charge in [0.05, 0.1) is 17.3 Å². The quantitative estimate of drug-likeness (QED) is 0.859. The van der Waals surface area contributed by atoms with Crippen LogP contribution < -0.4 is 5.32 Å². The summed E-state index contributed by atoms with van der Waals surface area (Å²) >= 11 is 0. The lowest BCUT2D eigenvalue weighted by Crippen LogP contribution is -1.95. The Balaban J connectivity index is 2.31. The van der Waals surface area contributed by atoms with E-state index in [0.29, 0.717) is 11.3 Å². The second kappa shape index (κ2) is 4.89. The molecule has 0 aromatic heterocycles. The molecule has 1 N–H and O–H groups in total. The van der Waals surface area contributed by atoms with Gasteiger partial charge in [-0.1, -0.05) is 6.07 Å². The number of nitrogens with one attached hydrogen (secondary N) is 1. The Kier molecular flexibility index (Phi) is 3.29. The first-order chi connectivity index (χ1) is 8.58. The molecule has 0 amide bonds. The molecule has 2 aromatic rings. The highest BCUT2D eigenvalue weighted by atomic mass is 19.1. The molecule has 2 aromatic carbocycles. The van der Waals surface area contributed by atoms with Crippen molar-refractivity contribution in [2.24, 2.45) is 0 Å². The van der Waals surface area contributed by atoms with Crippen molar-refractivity contribution in [3.8, 4) is 6.07 Å². The monoisotopic (exact) mass is 240 g/mol. The van der Waals surface area contributed by atoms with Crippen molar-refractivity contribution in [1.29, 1.82) is 5.26 Å². The fraction of sp³-hybridized carbons (Fsp3) is 0.133. The maximum absolute atomic E-state index is 13.7. The van der Waals surface area contributed by atoms with E-state index in [1.807, 2.05) is 32.0 Å². The van der Waals surface area contributed by atoms with Crippen LogP contribution in [0.2, 0.25) is 0 Å². The third-order valence-corrected chi connectivity index (χ3v) is 2.60. The maximum Gasteiger partial charge on any atom is 0.147 e. The Labute approximate surface area is 106 Å². The van der Waals surface area contributed by atoms with E-state index in [1.165, 1.54) is 6.07 Å². The average molecular weight is 240 g/mol. The molecule has 2 nitrogen and oxygen atoms in total. The molecule has 0 unspecified atom stereocenters. The van der Waals surface area contributed by atoms with E-state index in [9.17, 15) is 4.39 Å². The van der Waals surface area contributed by atoms with Gasteiger partial charge in [-0.15, -0.1) is 0 Å². The SMILES string of the molecule is Cc1cc(C)cc(Nc2ccc(C#N)cc2F)c1. The van der Waals surface area contributed by atoms with Crippen molar-refractivity contribution in [2.45, 2.75) is 13.8 Å². The fourth-order valence-corrected chi connectivity index (χ4v) is 1.89. The van der Waals surface area contributed by atoms with E-state index >= 15 is 0 Å². The summed E-state index contributed by atoms with van der Waals surface area (Å²) in [5, 5.41) is 11.7. The van der Waals surface area contributed by atoms with Gasteiger partial charge in [-0.05, 0) is 55.3 Å². The molecule has 0 aliphatic rings. The lowest BCUT2D eigenvalue weighted by molar-refractivity contribution is 0.631. The van der Waals surface area contributed by atoms with Crippen molar-refractivity contribution in [3.63, 3.8) is 0 Å². The second-order valence-corrected chi connectivity index (χ2v) is 4.31. The molecule has 0 saturated heterocycles. The molecule has 90 valence electrons. The van der Waals surface area contributed by atoms with E-state index in [4.69, 9.17) is 5.26 Å². The number of hydrogen-bond donors (Lipinski definition) is 1. The highest BCUT2D eigenvalue weighted by molar-refractivity contribution is 5.62. The molecule has 0 spiro atoms. The number of halogens is 1. The molecule has 3 heteroatoms. The summed E-state index contributed by atoms with van der Waals surface area (Å²) in [6, 6.07) is 12.3. The Hall–Kier alpha value is -2.34. The van der Waals surface area contributed by atoms with Crippen LogP contribution in [0, 0.1) is 31.0 Å². The van der Waals surface area contributed by atoms with Crippen molar-refractivity contribution in [1.82, 2.24) is 0 Å². The van der Waals surface area contributed by atoms with Gasteiger partial charge in [0.25, 0.3) is 0 Å². The summed E-state index contributed by atoms with van der Waals surface area (Å²) in [5.74, 6) is -0.423. The van der Waals surface area contributed by atoms with Gasteiger partial charge >= 0.3 is 0 Å². The minimum absolute atomic E-state index is 0.318. The summed E-state index contributed by atoms with van der Waals surface area (Å²) < 4.78 is 13.7. The lowest BCUT2D eigenvalue weighted by Gasteiger charge is -2.09. The highest BCUT2D eigenvalue weighted by Gasteiger charge is 2.04. The van der Waals surface area contributed by atoms with Gasteiger partial charge in [0.2, 0.25) is 0 Å². The van der Waals surface area contributed by atoms with Crippen LogP contribution in [-0.2, 0) is 0 Å². The molecular weight excluding hydrogens is 227 g/mol. The first-order valence-corrected chi connectivity index (χ1v) is 5.63. The van der Waals surface area contributed by atoms with Gasteiger partial charge in [0.15, 0.2) is 0 Å². The van der Waals surface area contributed by atoms with Gasteiger partial charge in [0, 0.05) is 5.69 Å². The third kappa shape index (κ3) is 2.67. The summed E-state index contributed by atoms with van der Waals surface area (Å²) in [6.07, 6.45) is 0. The van der Waals surface area contributed by atoms with Crippen LogP contribution in [0.3, 0.4) is 0 Å². The number of aryl methyl sites for hydroxylation is 2. The topological polar surface area (TPSA) is 35.8 Å². The zero-order valence-electron chi connectivity index (χ0n) is 10.3. The second-order valence-electron chi connectivity index (χ2n) is 4.31. The molecule has 0 bridgehead atoms. The molecule has 0 aliphatic carbocycles. The molecule has 0 saturated carbocycles. The number of rotatable bonds is 2. The Morgan fingerprint density at radius 2 is 1.72 bits per heavy atom. The lowest BCUT2D eigenvalue weighted by atomic mass is 10.1. The zero-order chi connectivity index (χ0) is 13.1. The number of benzene rings is 2. The Bertz CT molecular complexity index is 607. The van der Waals surface area contributed by atoms with Crippen molar-refractivity contribution in [3.05, 3.63) is 58.9 Å². The van der Waals surface area contributed by atoms with E-state index in [0.717, 1.165) is 16.8 Å². The van der Waals surface area contributed by atoms with E-state index in [2.05, 4.69) is 11.4 Å². The summed E-state index contributed by atoms with van der Waals surface area (Å²) in [4.78, 5) is 0. The number of anilines is 2. The first kappa shape index (κ1) is 12.1. The fourth-order valence-electron chi connectivity index (χ4n) is 1.89. The number of nitrogens with zero attached hydrogens (tertiary/aromatic N) is 1.